The number of nitrogens with zero attached hydrogens (tertiary/aromatic N) is 1. The number of hydrogen-bond acceptors (Lipinski definition) is 1. The summed E-state index contributed by atoms with van der Waals surface area (Å²) in [7, 11) is 0. The van der Waals surface area contributed by atoms with Gasteiger partial charge in [0.1, 0.15) is 0 Å². The maximum atomic E-state index is 2.40. The van der Waals surface area contributed by atoms with E-state index in [1.165, 1.54) is 21.9 Å². The Hall–Kier alpha value is -0.610. The molecule has 0 unspecified atom stereocenters. The topological polar surface area (TPSA) is 3.24 Å². The minimum Gasteiger partial charge on any atom is -0.239 e. The zero-order chi connectivity index (χ0) is 9.54. The number of halogens is 1. The summed E-state index contributed by atoms with van der Waals surface area (Å²) in [6.45, 7) is 2.13. The van der Waals surface area contributed by atoms with Crippen LogP contribution in [0.3, 0.4) is 0 Å². The summed E-state index contributed by atoms with van der Waals surface area (Å²) in [6.07, 6.45) is 0. The maximum absolute atomic E-state index is 2.40. The molecule has 1 aliphatic heterocycles. The lowest BCUT2D eigenvalue weighted by Gasteiger charge is -2.23. The molecule has 0 bridgehead atoms. The Morgan fingerprint density at radius 1 is 0.929 bits per heavy atom. The van der Waals surface area contributed by atoms with Crippen LogP contribution in [0.5, 0.6) is 0 Å². The van der Waals surface area contributed by atoms with Crippen molar-refractivity contribution >= 4 is 33.6 Å². The van der Waals surface area contributed by atoms with E-state index in [0.29, 0.717) is 0 Å². The van der Waals surface area contributed by atoms with E-state index in [1.54, 1.807) is 0 Å². The lowest BCUT2D eigenvalue weighted by Crippen LogP contribution is -2.16. The summed E-state index contributed by atoms with van der Waals surface area (Å²) >= 11 is 2.40. The third-order valence-corrected chi connectivity index (χ3v) is 3.44. The van der Waals surface area contributed by atoms with Gasteiger partial charge in [-0.1, -0.05) is 36.4 Å². The van der Waals surface area contributed by atoms with Crippen LogP contribution in [0.15, 0.2) is 36.4 Å². The van der Waals surface area contributed by atoms with Crippen LogP contribution in [0.2, 0.25) is 0 Å². The SMILES string of the molecule is IN1Cc2cccc3cccc(c23)C1. The molecule has 3 rings (SSSR count). The second-order valence-electron chi connectivity index (χ2n) is 3.71. The van der Waals surface area contributed by atoms with E-state index in [1.807, 2.05) is 0 Å². The van der Waals surface area contributed by atoms with Crippen LogP contribution < -0.4 is 0 Å². The van der Waals surface area contributed by atoms with Gasteiger partial charge in [0.25, 0.3) is 0 Å². The molecule has 70 valence electrons. The van der Waals surface area contributed by atoms with Crippen molar-refractivity contribution in [3.63, 3.8) is 0 Å². The number of benzene rings is 2. The van der Waals surface area contributed by atoms with Gasteiger partial charge in [-0.15, -0.1) is 0 Å². The molecular weight excluding hydrogens is 285 g/mol. The van der Waals surface area contributed by atoms with Gasteiger partial charge in [-0.3, -0.25) is 0 Å². The summed E-state index contributed by atoms with van der Waals surface area (Å²) in [5.74, 6) is 0. The minimum absolute atomic E-state index is 1.06. The molecule has 2 heteroatoms. The van der Waals surface area contributed by atoms with Crippen molar-refractivity contribution in [3.8, 4) is 0 Å². The average Bonchev–Trinajstić information content (AvgIpc) is 2.18. The zero-order valence-electron chi connectivity index (χ0n) is 7.70. The van der Waals surface area contributed by atoms with Crippen LogP contribution in [-0.2, 0) is 13.1 Å². The first-order chi connectivity index (χ1) is 6.84. The van der Waals surface area contributed by atoms with Crippen molar-refractivity contribution in [1.29, 1.82) is 0 Å². The van der Waals surface area contributed by atoms with Crippen molar-refractivity contribution in [3.05, 3.63) is 47.5 Å². The molecule has 0 aliphatic carbocycles. The standard InChI is InChI=1S/C12H10IN/c13-14-7-10-5-1-3-9-4-2-6-11(8-14)12(9)10/h1-6H,7-8H2. The summed E-state index contributed by atoms with van der Waals surface area (Å²) in [4.78, 5) is 0. The number of hydrogen-bond donors (Lipinski definition) is 0. The van der Waals surface area contributed by atoms with Crippen molar-refractivity contribution in [2.75, 3.05) is 0 Å². The first-order valence-electron chi connectivity index (χ1n) is 4.75. The van der Waals surface area contributed by atoms with Gasteiger partial charge in [0, 0.05) is 36.0 Å². The fraction of sp³-hybridized carbons (Fsp3) is 0.167. The average molecular weight is 295 g/mol. The van der Waals surface area contributed by atoms with Gasteiger partial charge in [-0.05, 0) is 21.9 Å². The highest BCUT2D eigenvalue weighted by molar-refractivity contribution is 14.1. The van der Waals surface area contributed by atoms with Gasteiger partial charge in [0.05, 0.1) is 0 Å². The quantitative estimate of drug-likeness (QED) is 0.531. The highest BCUT2D eigenvalue weighted by atomic mass is 127. The highest BCUT2D eigenvalue weighted by Crippen LogP contribution is 2.30. The van der Waals surface area contributed by atoms with Gasteiger partial charge in [0.15, 0.2) is 0 Å². The molecule has 1 heterocycles. The predicted molar refractivity (Wildman–Crippen MR) is 67.2 cm³/mol. The fourth-order valence-electron chi connectivity index (χ4n) is 2.19. The Bertz CT molecular complexity index is 452. The van der Waals surface area contributed by atoms with E-state index in [4.69, 9.17) is 0 Å². The molecule has 1 nitrogen and oxygen atoms in total. The zero-order valence-corrected chi connectivity index (χ0v) is 9.86. The third-order valence-electron chi connectivity index (χ3n) is 2.76. The highest BCUT2D eigenvalue weighted by Gasteiger charge is 2.15. The smallest absolute Gasteiger partial charge is 0.0342 e. The van der Waals surface area contributed by atoms with Gasteiger partial charge in [0.2, 0.25) is 0 Å². The third kappa shape index (κ3) is 1.25. The van der Waals surface area contributed by atoms with Crippen LogP contribution in [-0.4, -0.2) is 3.11 Å². The van der Waals surface area contributed by atoms with Crippen LogP contribution in [0.4, 0.5) is 0 Å². The Morgan fingerprint density at radius 2 is 1.50 bits per heavy atom. The Kier molecular flexibility index (Phi) is 1.99. The Labute approximate surface area is 97.2 Å². The van der Waals surface area contributed by atoms with Gasteiger partial charge >= 0.3 is 0 Å². The second-order valence-corrected chi connectivity index (χ2v) is 5.08. The van der Waals surface area contributed by atoms with Gasteiger partial charge in [-0.25, -0.2) is 3.11 Å². The minimum atomic E-state index is 1.06. The Morgan fingerprint density at radius 3 is 2.07 bits per heavy atom. The lowest BCUT2D eigenvalue weighted by molar-refractivity contribution is 0.496. The van der Waals surface area contributed by atoms with E-state index in [0.717, 1.165) is 13.1 Å². The normalized spacial score (nSPS) is 16.1. The maximum Gasteiger partial charge on any atom is 0.0342 e. The summed E-state index contributed by atoms with van der Waals surface area (Å²) in [5, 5.41) is 2.85. The van der Waals surface area contributed by atoms with Gasteiger partial charge < -0.3 is 0 Å². The Balaban J connectivity index is 2.40. The molecule has 0 saturated heterocycles. The molecule has 0 fully saturated rings. The van der Waals surface area contributed by atoms with Crippen LogP contribution in [0.25, 0.3) is 10.8 Å². The first-order valence-corrected chi connectivity index (χ1v) is 5.71. The predicted octanol–water partition coefficient (Wildman–Crippen LogP) is 3.51. The van der Waals surface area contributed by atoms with E-state index in [9.17, 15) is 0 Å². The lowest BCUT2D eigenvalue weighted by atomic mass is 9.96. The van der Waals surface area contributed by atoms with E-state index >= 15 is 0 Å². The molecule has 0 N–H and O–H groups in total. The summed E-state index contributed by atoms with van der Waals surface area (Å²) in [6, 6.07) is 13.2. The number of rotatable bonds is 0. The van der Waals surface area contributed by atoms with Crippen LogP contribution >= 0.6 is 22.9 Å². The molecule has 2 aromatic rings. The molecule has 0 amide bonds. The van der Waals surface area contributed by atoms with Crippen LogP contribution in [0, 0.1) is 0 Å². The monoisotopic (exact) mass is 295 g/mol. The molecule has 0 aromatic heterocycles. The second kappa shape index (κ2) is 3.21. The molecule has 1 aliphatic rings. The largest absolute Gasteiger partial charge is 0.239 e. The van der Waals surface area contributed by atoms with E-state index in [2.05, 4.69) is 62.4 Å². The summed E-state index contributed by atoms with van der Waals surface area (Å²) < 4.78 is 2.33. The van der Waals surface area contributed by atoms with Crippen molar-refractivity contribution in [1.82, 2.24) is 3.11 Å². The van der Waals surface area contributed by atoms with E-state index in [-0.39, 0.29) is 0 Å². The van der Waals surface area contributed by atoms with Gasteiger partial charge in [-0.2, -0.15) is 0 Å². The van der Waals surface area contributed by atoms with Crippen molar-refractivity contribution < 1.29 is 0 Å². The fourth-order valence-corrected chi connectivity index (χ4v) is 2.93. The van der Waals surface area contributed by atoms with Crippen molar-refractivity contribution in [2.45, 2.75) is 13.1 Å². The molecule has 2 aromatic carbocycles. The molecular formula is C12H10IN. The van der Waals surface area contributed by atoms with Crippen molar-refractivity contribution in [2.24, 2.45) is 0 Å². The molecule has 0 atom stereocenters. The summed E-state index contributed by atoms with van der Waals surface area (Å²) in [5.41, 5.74) is 2.91. The first kappa shape index (κ1) is 8.68. The van der Waals surface area contributed by atoms with E-state index < -0.39 is 0 Å². The molecule has 0 spiro atoms. The van der Waals surface area contributed by atoms with Crippen LogP contribution in [0.1, 0.15) is 11.1 Å². The molecule has 0 saturated carbocycles. The molecule has 14 heavy (non-hydrogen) atoms. The molecule has 0 radical (unpaired) electrons.